The Morgan fingerprint density at radius 3 is 3.11 bits per heavy atom. The van der Waals surface area contributed by atoms with Crippen molar-refractivity contribution in [3.05, 3.63) is 35.4 Å². The summed E-state index contributed by atoms with van der Waals surface area (Å²) in [5, 5.41) is 21.2. The van der Waals surface area contributed by atoms with Crippen LogP contribution in [-0.2, 0) is 11.2 Å². The van der Waals surface area contributed by atoms with Crippen molar-refractivity contribution in [1.29, 1.82) is 5.26 Å². The summed E-state index contributed by atoms with van der Waals surface area (Å²) in [5.41, 5.74) is 2.07. The minimum Gasteiger partial charge on any atom is -0.390 e. The number of nitrogens with one attached hydrogen (secondary N) is 1. The van der Waals surface area contributed by atoms with Gasteiger partial charge < -0.3 is 10.4 Å². The van der Waals surface area contributed by atoms with Crippen LogP contribution in [0, 0.1) is 11.3 Å². The second-order valence-electron chi connectivity index (χ2n) is 4.17. The molecule has 0 heterocycles. The van der Waals surface area contributed by atoms with Gasteiger partial charge in [0, 0.05) is 6.42 Å². The van der Waals surface area contributed by atoms with Gasteiger partial charge in [0.05, 0.1) is 29.7 Å². The van der Waals surface area contributed by atoms with Crippen molar-refractivity contribution in [3.63, 3.8) is 0 Å². The van der Waals surface area contributed by atoms with Gasteiger partial charge in [0.2, 0.25) is 5.91 Å². The van der Waals surface area contributed by atoms with E-state index >= 15 is 0 Å². The first kappa shape index (κ1) is 12.9. The zero-order valence-electron chi connectivity index (χ0n) is 9.80. The lowest BCUT2D eigenvalue weighted by molar-refractivity contribution is -0.120. The summed E-state index contributed by atoms with van der Waals surface area (Å²) in [4.78, 5) is 11.7. The van der Waals surface area contributed by atoms with Crippen molar-refractivity contribution in [3.8, 4) is 6.07 Å². The molecule has 1 amide bonds. The lowest BCUT2D eigenvalue weighted by Gasteiger charge is -2.17. The summed E-state index contributed by atoms with van der Waals surface area (Å²) < 4.78 is 0. The number of aliphatic hydroxyl groups is 1. The van der Waals surface area contributed by atoms with E-state index < -0.39 is 6.10 Å². The number of fused-ring (bicyclic) bond motifs is 1. The number of nitriles is 1. The molecule has 2 atom stereocenters. The third kappa shape index (κ3) is 2.84. The third-order valence-corrected chi connectivity index (χ3v) is 3.72. The Balaban J connectivity index is 1.97. The van der Waals surface area contributed by atoms with Crippen LogP contribution < -0.4 is 5.32 Å². The van der Waals surface area contributed by atoms with Crippen LogP contribution in [0.2, 0.25) is 0 Å². The lowest BCUT2D eigenvalue weighted by Crippen LogP contribution is -2.34. The molecule has 0 spiro atoms. The molecule has 0 bridgehead atoms. The van der Waals surface area contributed by atoms with Gasteiger partial charge in [0.25, 0.3) is 0 Å². The highest BCUT2D eigenvalue weighted by Crippen LogP contribution is 2.31. The van der Waals surface area contributed by atoms with Crippen LogP contribution >= 0.6 is 11.8 Å². The summed E-state index contributed by atoms with van der Waals surface area (Å²) in [6.45, 7) is 0. The largest absolute Gasteiger partial charge is 0.390 e. The summed E-state index contributed by atoms with van der Waals surface area (Å²) in [6, 6.07) is 9.38. The van der Waals surface area contributed by atoms with Crippen LogP contribution in [0.1, 0.15) is 17.2 Å². The zero-order chi connectivity index (χ0) is 13.0. The molecule has 0 aromatic heterocycles. The molecule has 0 saturated carbocycles. The summed E-state index contributed by atoms with van der Waals surface area (Å²) in [6.07, 6.45) is 0.0132. The van der Waals surface area contributed by atoms with Gasteiger partial charge in [-0.15, -0.1) is 11.8 Å². The molecule has 0 saturated heterocycles. The Morgan fingerprint density at radius 2 is 2.33 bits per heavy atom. The van der Waals surface area contributed by atoms with E-state index in [-0.39, 0.29) is 17.7 Å². The van der Waals surface area contributed by atoms with E-state index in [4.69, 9.17) is 5.26 Å². The number of benzene rings is 1. The van der Waals surface area contributed by atoms with Gasteiger partial charge in [-0.2, -0.15) is 5.26 Å². The maximum atomic E-state index is 11.7. The van der Waals surface area contributed by atoms with Crippen molar-refractivity contribution in [2.75, 3.05) is 11.5 Å². The van der Waals surface area contributed by atoms with Gasteiger partial charge in [0.1, 0.15) is 0 Å². The van der Waals surface area contributed by atoms with E-state index in [1.807, 2.05) is 30.3 Å². The van der Waals surface area contributed by atoms with Crippen LogP contribution in [0.3, 0.4) is 0 Å². The topological polar surface area (TPSA) is 73.1 Å². The van der Waals surface area contributed by atoms with E-state index in [0.29, 0.717) is 12.2 Å². The van der Waals surface area contributed by atoms with Gasteiger partial charge in [-0.3, -0.25) is 4.79 Å². The highest BCUT2D eigenvalue weighted by atomic mass is 32.2. The Morgan fingerprint density at radius 1 is 1.56 bits per heavy atom. The molecule has 1 aromatic rings. The number of nitrogens with zero attached hydrogens (tertiary/aromatic N) is 1. The van der Waals surface area contributed by atoms with E-state index in [1.165, 1.54) is 11.8 Å². The average molecular weight is 262 g/mol. The zero-order valence-corrected chi connectivity index (χ0v) is 10.6. The highest BCUT2D eigenvalue weighted by Gasteiger charge is 2.31. The van der Waals surface area contributed by atoms with Crippen LogP contribution in [0.4, 0.5) is 0 Å². The molecule has 2 N–H and O–H groups in total. The number of hydrogen-bond acceptors (Lipinski definition) is 4. The van der Waals surface area contributed by atoms with Gasteiger partial charge in [0.15, 0.2) is 0 Å². The molecule has 5 heteroatoms. The number of amides is 1. The highest BCUT2D eigenvalue weighted by molar-refractivity contribution is 8.00. The molecule has 18 heavy (non-hydrogen) atoms. The maximum Gasteiger partial charge on any atom is 0.230 e. The molecular formula is C13H14N2O2S. The first-order valence-corrected chi connectivity index (χ1v) is 6.87. The van der Waals surface area contributed by atoms with Gasteiger partial charge in [-0.05, 0) is 11.1 Å². The summed E-state index contributed by atoms with van der Waals surface area (Å²) >= 11 is 1.27. The Labute approximate surface area is 110 Å². The fraction of sp³-hybridized carbons (Fsp3) is 0.385. The minimum absolute atomic E-state index is 0.143. The lowest BCUT2D eigenvalue weighted by atomic mass is 10.1. The number of thioether (sulfide) groups is 1. The van der Waals surface area contributed by atoms with Crippen LogP contribution in [0.5, 0.6) is 0 Å². The number of carbonyl (C=O) groups excluding carboxylic acids is 1. The average Bonchev–Trinajstić information content (AvgIpc) is 2.67. The quantitative estimate of drug-likeness (QED) is 0.795. The second kappa shape index (κ2) is 5.89. The van der Waals surface area contributed by atoms with Crippen molar-refractivity contribution in [1.82, 2.24) is 5.32 Å². The Bertz CT molecular complexity index is 484. The standard InChI is InChI=1S/C13H14N2O2S/c14-5-6-18-8-12(17)15-13-10-4-2-1-3-9(10)7-11(13)16/h1-4,11,13,16H,6-8H2,(H,15,17). The van der Waals surface area contributed by atoms with Gasteiger partial charge >= 0.3 is 0 Å². The Kier molecular flexibility index (Phi) is 4.24. The fourth-order valence-electron chi connectivity index (χ4n) is 2.15. The molecular weight excluding hydrogens is 248 g/mol. The van der Waals surface area contributed by atoms with Gasteiger partial charge in [-0.25, -0.2) is 0 Å². The van der Waals surface area contributed by atoms with E-state index in [0.717, 1.165) is 11.1 Å². The molecule has 1 aromatic carbocycles. The van der Waals surface area contributed by atoms with Crippen molar-refractivity contribution in [2.24, 2.45) is 0 Å². The summed E-state index contributed by atoms with van der Waals surface area (Å²) in [5.74, 6) is 0.409. The third-order valence-electron chi connectivity index (χ3n) is 2.92. The van der Waals surface area contributed by atoms with Crippen LogP contribution in [0.25, 0.3) is 0 Å². The number of hydrogen-bond donors (Lipinski definition) is 2. The first-order chi connectivity index (χ1) is 8.72. The molecule has 2 rings (SSSR count). The smallest absolute Gasteiger partial charge is 0.230 e. The predicted octanol–water partition coefficient (Wildman–Crippen LogP) is 1.02. The van der Waals surface area contributed by atoms with Crippen LogP contribution in [-0.4, -0.2) is 28.6 Å². The summed E-state index contributed by atoms with van der Waals surface area (Å²) in [7, 11) is 0. The number of carbonyl (C=O) groups is 1. The predicted molar refractivity (Wildman–Crippen MR) is 70.0 cm³/mol. The number of aliphatic hydroxyl groups excluding tert-OH is 1. The first-order valence-electron chi connectivity index (χ1n) is 5.72. The van der Waals surface area contributed by atoms with E-state index in [1.54, 1.807) is 0 Å². The molecule has 94 valence electrons. The van der Waals surface area contributed by atoms with Gasteiger partial charge in [-0.1, -0.05) is 24.3 Å². The van der Waals surface area contributed by atoms with E-state index in [9.17, 15) is 9.90 Å². The second-order valence-corrected chi connectivity index (χ2v) is 5.15. The molecule has 4 nitrogen and oxygen atoms in total. The van der Waals surface area contributed by atoms with E-state index in [2.05, 4.69) is 5.32 Å². The molecule has 1 aliphatic carbocycles. The normalized spacial score (nSPS) is 21.1. The molecule has 0 aliphatic heterocycles. The Hall–Kier alpha value is -1.51. The molecule has 0 fully saturated rings. The monoisotopic (exact) mass is 262 g/mol. The molecule has 0 radical (unpaired) electrons. The SMILES string of the molecule is N#CCSCC(=O)NC1c2ccccc2CC1O. The number of rotatable bonds is 4. The molecule has 2 unspecified atom stereocenters. The fourth-order valence-corrected chi connectivity index (χ4v) is 2.61. The van der Waals surface area contributed by atoms with Crippen molar-refractivity contribution in [2.45, 2.75) is 18.6 Å². The van der Waals surface area contributed by atoms with Crippen molar-refractivity contribution >= 4 is 17.7 Å². The minimum atomic E-state index is -0.563. The van der Waals surface area contributed by atoms with Crippen molar-refractivity contribution < 1.29 is 9.90 Å². The maximum absolute atomic E-state index is 11.7. The molecule has 1 aliphatic rings. The van der Waals surface area contributed by atoms with Crippen LogP contribution in [0.15, 0.2) is 24.3 Å².